The lowest BCUT2D eigenvalue weighted by molar-refractivity contribution is 0.414. The fourth-order valence-corrected chi connectivity index (χ4v) is 2.18. The van der Waals surface area contributed by atoms with Crippen LogP contribution in [0.5, 0.6) is 5.75 Å². The summed E-state index contributed by atoms with van der Waals surface area (Å²) in [5.41, 5.74) is 8.36. The van der Waals surface area contributed by atoms with Gasteiger partial charge in [0.2, 0.25) is 0 Å². The largest absolute Gasteiger partial charge is 0.497 e. The zero-order valence-corrected chi connectivity index (χ0v) is 9.33. The quantitative estimate of drug-likeness (QED) is 0.861. The zero-order chi connectivity index (χ0) is 10.7. The summed E-state index contributed by atoms with van der Waals surface area (Å²) in [6.07, 6.45) is 0. The summed E-state index contributed by atoms with van der Waals surface area (Å²) in [4.78, 5) is 0. The van der Waals surface area contributed by atoms with E-state index in [1.807, 2.05) is 29.6 Å². The molecule has 0 aliphatic carbocycles. The topological polar surface area (TPSA) is 35.2 Å². The molecule has 0 unspecified atom stereocenters. The van der Waals surface area contributed by atoms with E-state index >= 15 is 0 Å². The molecule has 2 aromatic rings. The number of hydrogen-bond acceptors (Lipinski definition) is 3. The second-order valence-corrected chi connectivity index (χ2v) is 4.09. The van der Waals surface area contributed by atoms with E-state index in [0.717, 1.165) is 16.9 Å². The number of methoxy groups -OCH3 is 1. The molecule has 1 aromatic carbocycles. The summed E-state index contributed by atoms with van der Waals surface area (Å²) in [7, 11) is 1.66. The second kappa shape index (κ2) is 4.47. The molecule has 15 heavy (non-hydrogen) atoms. The highest BCUT2D eigenvalue weighted by Crippen LogP contribution is 2.24. The lowest BCUT2D eigenvalue weighted by atomic mass is 10.0. The number of rotatable bonds is 3. The molecule has 0 saturated heterocycles. The number of ether oxygens (including phenoxy) is 1. The van der Waals surface area contributed by atoms with Crippen molar-refractivity contribution in [1.29, 1.82) is 0 Å². The third-order valence-electron chi connectivity index (χ3n) is 2.36. The van der Waals surface area contributed by atoms with Crippen LogP contribution < -0.4 is 10.5 Å². The average molecular weight is 219 g/mol. The molecule has 1 heterocycles. The van der Waals surface area contributed by atoms with Crippen LogP contribution in [0, 0.1) is 0 Å². The van der Waals surface area contributed by atoms with Gasteiger partial charge < -0.3 is 10.5 Å². The van der Waals surface area contributed by atoms with Crippen molar-refractivity contribution < 1.29 is 4.74 Å². The highest BCUT2D eigenvalue weighted by molar-refractivity contribution is 7.08. The van der Waals surface area contributed by atoms with E-state index < -0.39 is 0 Å². The number of thiophene rings is 1. The van der Waals surface area contributed by atoms with Gasteiger partial charge in [-0.3, -0.25) is 0 Å². The van der Waals surface area contributed by atoms with Crippen LogP contribution in [0.1, 0.15) is 17.2 Å². The van der Waals surface area contributed by atoms with Crippen LogP contribution in [-0.4, -0.2) is 7.11 Å². The van der Waals surface area contributed by atoms with E-state index in [9.17, 15) is 0 Å². The zero-order valence-electron chi connectivity index (χ0n) is 8.51. The van der Waals surface area contributed by atoms with Crippen LogP contribution in [0.25, 0.3) is 0 Å². The Balaban J connectivity index is 2.29. The Bertz CT molecular complexity index is 425. The van der Waals surface area contributed by atoms with Gasteiger partial charge in [0.25, 0.3) is 0 Å². The Hall–Kier alpha value is -1.32. The molecule has 0 amide bonds. The SMILES string of the molecule is COc1cccc([C@H](N)c2ccsc2)c1. The standard InChI is InChI=1S/C12H13NOS/c1-14-11-4-2-3-9(7-11)12(13)10-5-6-15-8-10/h2-8,12H,13H2,1H3/t12-/m0/s1. The molecule has 3 heteroatoms. The average Bonchev–Trinajstić information content (AvgIpc) is 2.81. The summed E-state index contributed by atoms with van der Waals surface area (Å²) in [5, 5.41) is 4.11. The highest BCUT2D eigenvalue weighted by Gasteiger charge is 2.09. The van der Waals surface area contributed by atoms with Crippen LogP contribution in [0.3, 0.4) is 0 Å². The third kappa shape index (κ3) is 2.19. The fraction of sp³-hybridized carbons (Fsp3) is 0.167. The van der Waals surface area contributed by atoms with E-state index in [0.29, 0.717) is 0 Å². The van der Waals surface area contributed by atoms with E-state index in [4.69, 9.17) is 10.5 Å². The van der Waals surface area contributed by atoms with Crippen molar-refractivity contribution in [1.82, 2.24) is 0 Å². The molecule has 0 bridgehead atoms. The Morgan fingerprint density at radius 2 is 2.13 bits per heavy atom. The van der Waals surface area contributed by atoms with Crippen molar-refractivity contribution in [2.24, 2.45) is 5.73 Å². The molecule has 0 saturated carbocycles. The van der Waals surface area contributed by atoms with Crippen molar-refractivity contribution in [3.05, 3.63) is 52.2 Å². The summed E-state index contributed by atoms with van der Waals surface area (Å²) in [6.45, 7) is 0. The van der Waals surface area contributed by atoms with Gasteiger partial charge in [-0.25, -0.2) is 0 Å². The lowest BCUT2D eigenvalue weighted by Crippen LogP contribution is -2.10. The molecule has 78 valence electrons. The molecule has 2 N–H and O–H groups in total. The first-order valence-corrected chi connectivity index (χ1v) is 5.67. The lowest BCUT2D eigenvalue weighted by Gasteiger charge is -2.11. The predicted octanol–water partition coefficient (Wildman–Crippen LogP) is 2.80. The van der Waals surface area contributed by atoms with Crippen molar-refractivity contribution in [3.63, 3.8) is 0 Å². The smallest absolute Gasteiger partial charge is 0.119 e. The van der Waals surface area contributed by atoms with E-state index in [-0.39, 0.29) is 6.04 Å². The van der Waals surface area contributed by atoms with Crippen LogP contribution in [0.15, 0.2) is 41.1 Å². The van der Waals surface area contributed by atoms with Crippen LogP contribution in [-0.2, 0) is 0 Å². The second-order valence-electron chi connectivity index (χ2n) is 3.31. The highest BCUT2D eigenvalue weighted by atomic mass is 32.1. The first kappa shape index (κ1) is 10.2. The molecule has 0 radical (unpaired) electrons. The van der Waals surface area contributed by atoms with Gasteiger partial charge in [0, 0.05) is 0 Å². The van der Waals surface area contributed by atoms with Crippen molar-refractivity contribution in [2.45, 2.75) is 6.04 Å². The van der Waals surface area contributed by atoms with Gasteiger partial charge in [0.1, 0.15) is 5.75 Å². The summed E-state index contributed by atoms with van der Waals surface area (Å²) < 4.78 is 5.17. The summed E-state index contributed by atoms with van der Waals surface area (Å²) >= 11 is 1.66. The fourth-order valence-electron chi connectivity index (χ4n) is 1.48. The molecule has 1 aromatic heterocycles. The number of hydrogen-bond donors (Lipinski definition) is 1. The first-order chi connectivity index (χ1) is 7.31. The van der Waals surface area contributed by atoms with Crippen LogP contribution in [0.4, 0.5) is 0 Å². The van der Waals surface area contributed by atoms with Crippen molar-refractivity contribution in [2.75, 3.05) is 7.11 Å². The van der Waals surface area contributed by atoms with Gasteiger partial charge >= 0.3 is 0 Å². The Morgan fingerprint density at radius 3 is 2.80 bits per heavy atom. The van der Waals surface area contributed by atoms with E-state index in [1.54, 1.807) is 18.4 Å². The van der Waals surface area contributed by atoms with Crippen LogP contribution >= 0.6 is 11.3 Å². The van der Waals surface area contributed by atoms with Gasteiger partial charge in [-0.2, -0.15) is 11.3 Å². The minimum Gasteiger partial charge on any atom is -0.497 e. The molecular weight excluding hydrogens is 206 g/mol. The predicted molar refractivity (Wildman–Crippen MR) is 63.3 cm³/mol. The molecule has 0 aliphatic heterocycles. The minimum absolute atomic E-state index is 0.0636. The molecule has 1 atom stereocenters. The van der Waals surface area contributed by atoms with Gasteiger partial charge in [-0.15, -0.1) is 0 Å². The maximum Gasteiger partial charge on any atom is 0.119 e. The molecule has 0 aliphatic rings. The molecule has 0 spiro atoms. The third-order valence-corrected chi connectivity index (χ3v) is 3.06. The first-order valence-electron chi connectivity index (χ1n) is 4.73. The molecule has 2 rings (SSSR count). The Labute approximate surface area is 93.3 Å². The van der Waals surface area contributed by atoms with Gasteiger partial charge in [-0.05, 0) is 40.1 Å². The normalized spacial score (nSPS) is 12.4. The van der Waals surface area contributed by atoms with Gasteiger partial charge in [0.05, 0.1) is 13.2 Å². The number of nitrogens with two attached hydrogens (primary N) is 1. The Kier molecular flexibility index (Phi) is 3.04. The van der Waals surface area contributed by atoms with Gasteiger partial charge in [-0.1, -0.05) is 12.1 Å². The monoisotopic (exact) mass is 219 g/mol. The number of benzene rings is 1. The summed E-state index contributed by atoms with van der Waals surface area (Å²) in [6, 6.07) is 9.86. The minimum atomic E-state index is -0.0636. The van der Waals surface area contributed by atoms with E-state index in [2.05, 4.69) is 11.4 Å². The summed E-state index contributed by atoms with van der Waals surface area (Å²) in [5.74, 6) is 0.846. The maximum atomic E-state index is 6.14. The van der Waals surface area contributed by atoms with Crippen molar-refractivity contribution in [3.8, 4) is 5.75 Å². The molecule has 2 nitrogen and oxygen atoms in total. The van der Waals surface area contributed by atoms with E-state index in [1.165, 1.54) is 0 Å². The Morgan fingerprint density at radius 1 is 1.27 bits per heavy atom. The van der Waals surface area contributed by atoms with Gasteiger partial charge in [0.15, 0.2) is 0 Å². The molecular formula is C12H13NOS. The maximum absolute atomic E-state index is 6.14. The molecule has 0 fully saturated rings. The van der Waals surface area contributed by atoms with Crippen molar-refractivity contribution >= 4 is 11.3 Å². The van der Waals surface area contributed by atoms with Crippen LogP contribution in [0.2, 0.25) is 0 Å².